The zero-order valence-electron chi connectivity index (χ0n) is 13.7. The molecular weight excluding hydrogens is 346 g/mol. The van der Waals surface area contributed by atoms with Crippen molar-refractivity contribution in [3.05, 3.63) is 10.0 Å². The number of carbonyl (C=O) groups is 1. The van der Waals surface area contributed by atoms with E-state index >= 15 is 0 Å². The number of nitrogens with one attached hydrogen (secondary N) is 1. The van der Waals surface area contributed by atoms with Crippen LogP contribution in [0.4, 0.5) is 5.13 Å². The van der Waals surface area contributed by atoms with Crippen molar-refractivity contribution in [2.24, 2.45) is 17.8 Å². The fraction of sp³-hybridized carbons (Fsp3) is 0.765. The molecule has 1 amide bonds. The van der Waals surface area contributed by atoms with Crippen molar-refractivity contribution in [3.63, 3.8) is 0 Å². The summed E-state index contributed by atoms with van der Waals surface area (Å²) in [5, 5.41) is 13.9. The first-order valence-electron chi connectivity index (χ1n) is 8.98. The summed E-state index contributed by atoms with van der Waals surface area (Å²) in [6.45, 7) is 2.27. The molecule has 1 saturated heterocycles. The predicted octanol–water partition coefficient (Wildman–Crippen LogP) is 2.92. The number of hydrogen-bond donors (Lipinski definition) is 2. The van der Waals surface area contributed by atoms with Crippen molar-refractivity contribution >= 4 is 34.0 Å². The van der Waals surface area contributed by atoms with Crippen molar-refractivity contribution in [3.8, 4) is 0 Å². The van der Waals surface area contributed by atoms with Crippen molar-refractivity contribution in [1.29, 1.82) is 0 Å². The van der Waals surface area contributed by atoms with E-state index in [9.17, 15) is 9.90 Å². The van der Waals surface area contributed by atoms with Crippen LogP contribution in [0.3, 0.4) is 0 Å². The Morgan fingerprint density at radius 3 is 2.58 bits per heavy atom. The lowest BCUT2D eigenvalue weighted by Gasteiger charge is -2.35. The Labute approximate surface area is 151 Å². The maximum absolute atomic E-state index is 12.7. The van der Waals surface area contributed by atoms with Gasteiger partial charge in [0.2, 0.25) is 0 Å². The van der Waals surface area contributed by atoms with Gasteiger partial charge in [-0.2, -0.15) is 0 Å². The molecule has 0 spiro atoms. The average molecular weight is 370 g/mol. The van der Waals surface area contributed by atoms with Crippen LogP contribution in [0.2, 0.25) is 5.15 Å². The molecule has 4 atom stereocenters. The zero-order chi connectivity index (χ0) is 16.7. The van der Waals surface area contributed by atoms with E-state index in [1.54, 1.807) is 0 Å². The van der Waals surface area contributed by atoms with E-state index in [0.717, 1.165) is 43.9 Å². The molecule has 0 aromatic carbocycles. The first-order valence-corrected chi connectivity index (χ1v) is 10.2. The van der Waals surface area contributed by atoms with E-state index in [0.29, 0.717) is 27.8 Å². The maximum atomic E-state index is 12.7. The Balaban J connectivity index is 1.45. The Bertz CT molecular complexity index is 603. The molecule has 5 nitrogen and oxygen atoms in total. The minimum atomic E-state index is -0.0766. The molecule has 7 heteroatoms. The molecule has 132 valence electrons. The summed E-state index contributed by atoms with van der Waals surface area (Å²) in [5.41, 5.74) is 0. The number of aromatic nitrogens is 1. The number of hydrogen-bond acceptors (Lipinski definition) is 5. The maximum Gasteiger partial charge on any atom is 0.264 e. The molecule has 4 rings (SSSR count). The fourth-order valence-corrected chi connectivity index (χ4v) is 5.97. The molecule has 2 bridgehead atoms. The van der Waals surface area contributed by atoms with E-state index in [-0.39, 0.29) is 18.6 Å². The monoisotopic (exact) mass is 369 g/mol. The summed E-state index contributed by atoms with van der Waals surface area (Å²) in [5.74, 6) is 1.32. The standard InChI is InChI=1S/C17H24ClN3O2S/c18-15-14(24-17(20-15)21-5-1-2-6-21)16(23)19-13-11-3-4-12(13)8-10(7-11)9-22/h10-13,22H,1-9H2,(H,19,23)/t10?,11-,12+,13?. The Kier molecular flexibility index (Phi) is 4.71. The van der Waals surface area contributed by atoms with Gasteiger partial charge in [-0.1, -0.05) is 22.9 Å². The lowest BCUT2D eigenvalue weighted by molar-refractivity contribution is 0.0852. The molecule has 2 saturated carbocycles. The summed E-state index contributed by atoms with van der Waals surface area (Å²) >= 11 is 7.66. The van der Waals surface area contributed by atoms with Gasteiger partial charge in [-0.15, -0.1) is 0 Å². The highest BCUT2D eigenvalue weighted by Crippen LogP contribution is 2.45. The van der Waals surface area contributed by atoms with Crippen LogP contribution >= 0.6 is 22.9 Å². The van der Waals surface area contributed by atoms with Gasteiger partial charge in [-0.25, -0.2) is 4.98 Å². The zero-order valence-corrected chi connectivity index (χ0v) is 15.3. The van der Waals surface area contributed by atoms with E-state index in [2.05, 4.69) is 15.2 Å². The van der Waals surface area contributed by atoms with Gasteiger partial charge in [0.05, 0.1) is 0 Å². The molecule has 24 heavy (non-hydrogen) atoms. The molecule has 1 aromatic rings. The number of amides is 1. The second-order valence-corrected chi connectivity index (χ2v) is 8.76. The van der Waals surface area contributed by atoms with Gasteiger partial charge in [-0.05, 0) is 56.3 Å². The number of thiazole rings is 1. The summed E-state index contributed by atoms with van der Waals surface area (Å²) in [7, 11) is 0. The molecule has 2 aliphatic carbocycles. The van der Waals surface area contributed by atoms with Crippen molar-refractivity contribution in [1.82, 2.24) is 10.3 Å². The summed E-state index contributed by atoms with van der Waals surface area (Å²) < 4.78 is 0. The van der Waals surface area contributed by atoms with Crippen LogP contribution in [0.15, 0.2) is 0 Å². The summed E-state index contributed by atoms with van der Waals surface area (Å²) in [6.07, 6.45) is 6.70. The quantitative estimate of drug-likeness (QED) is 0.856. The lowest BCUT2D eigenvalue weighted by Crippen LogP contribution is -2.45. The largest absolute Gasteiger partial charge is 0.396 e. The normalized spacial score (nSPS) is 32.3. The molecule has 1 aromatic heterocycles. The van der Waals surface area contributed by atoms with Crippen LogP contribution in [0.5, 0.6) is 0 Å². The Morgan fingerprint density at radius 2 is 1.96 bits per heavy atom. The van der Waals surface area contributed by atoms with Crippen LogP contribution in [0.1, 0.15) is 48.2 Å². The van der Waals surface area contributed by atoms with Crippen LogP contribution in [-0.4, -0.2) is 41.7 Å². The highest BCUT2D eigenvalue weighted by molar-refractivity contribution is 7.18. The van der Waals surface area contributed by atoms with Gasteiger partial charge >= 0.3 is 0 Å². The number of anilines is 1. The Hall–Kier alpha value is -0.850. The summed E-state index contributed by atoms with van der Waals surface area (Å²) in [6, 6.07) is 0.230. The van der Waals surface area contributed by atoms with Crippen molar-refractivity contribution < 1.29 is 9.90 Å². The number of nitrogens with zero attached hydrogens (tertiary/aromatic N) is 2. The Morgan fingerprint density at radius 1 is 1.29 bits per heavy atom. The van der Waals surface area contributed by atoms with Gasteiger partial charge in [-0.3, -0.25) is 4.79 Å². The van der Waals surface area contributed by atoms with Gasteiger partial charge < -0.3 is 15.3 Å². The molecule has 1 aliphatic heterocycles. The lowest BCUT2D eigenvalue weighted by atomic mass is 9.77. The van der Waals surface area contributed by atoms with Gasteiger partial charge in [0.1, 0.15) is 4.88 Å². The fourth-order valence-electron chi connectivity index (χ4n) is 4.73. The highest BCUT2D eigenvalue weighted by atomic mass is 35.5. The number of aliphatic hydroxyl groups is 1. The third kappa shape index (κ3) is 3.04. The third-order valence-electron chi connectivity index (χ3n) is 5.91. The predicted molar refractivity (Wildman–Crippen MR) is 95.8 cm³/mol. The van der Waals surface area contributed by atoms with Crippen LogP contribution in [0.25, 0.3) is 0 Å². The number of fused-ring (bicyclic) bond motifs is 2. The van der Waals surface area contributed by atoms with Crippen LogP contribution < -0.4 is 10.2 Å². The van der Waals surface area contributed by atoms with Crippen molar-refractivity contribution in [2.45, 2.75) is 44.6 Å². The van der Waals surface area contributed by atoms with Gasteiger partial charge in [0.15, 0.2) is 10.3 Å². The SMILES string of the molecule is O=C(NC1[C@@H]2CC[C@H]1CC(CO)C2)c1sc(N2CCCC2)nc1Cl. The van der Waals surface area contributed by atoms with Gasteiger partial charge in [0, 0.05) is 25.7 Å². The van der Waals surface area contributed by atoms with Gasteiger partial charge in [0.25, 0.3) is 5.91 Å². The van der Waals surface area contributed by atoms with E-state index in [1.807, 2.05) is 0 Å². The van der Waals surface area contributed by atoms with E-state index in [1.165, 1.54) is 24.2 Å². The molecule has 2 N–H and O–H groups in total. The minimum Gasteiger partial charge on any atom is -0.396 e. The first kappa shape index (κ1) is 16.6. The molecule has 3 aliphatic rings. The number of halogens is 1. The third-order valence-corrected chi connectivity index (χ3v) is 7.41. The van der Waals surface area contributed by atoms with E-state index < -0.39 is 0 Å². The second kappa shape index (κ2) is 6.81. The highest BCUT2D eigenvalue weighted by Gasteiger charge is 2.43. The molecule has 0 radical (unpaired) electrons. The number of rotatable bonds is 4. The molecule has 3 fully saturated rings. The van der Waals surface area contributed by atoms with Crippen LogP contribution in [-0.2, 0) is 0 Å². The number of carbonyl (C=O) groups excluding carboxylic acids is 1. The smallest absolute Gasteiger partial charge is 0.264 e. The molecule has 2 heterocycles. The second-order valence-electron chi connectivity index (χ2n) is 7.43. The average Bonchev–Trinajstić information content (AvgIpc) is 3.27. The first-order chi connectivity index (χ1) is 11.7. The minimum absolute atomic E-state index is 0.0766. The molecule has 2 unspecified atom stereocenters. The van der Waals surface area contributed by atoms with Crippen molar-refractivity contribution in [2.75, 3.05) is 24.6 Å². The van der Waals surface area contributed by atoms with E-state index in [4.69, 9.17) is 11.6 Å². The topological polar surface area (TPSA) is 65.5 Å². The number of aliphatic hydroxyl groups excluding tert-OH is 1. The summed E-state index contributed by atoms with van der Waals surface area (Å²) in [4.78, 5) is 19.9. The van der Waals surface area contributed by atoms with Crippen LogP contribution in [0, 0.1) is 17.8 Å². The molecular formula is C17H24ClN3O2S.